The lowest BCUT2D eigenvalue weighted by atomic mass is 9.85. The van der Waals surface area contributed by atoms with Crippen LogP contribution in [0.4, 0.5) is 0 Å². The zero-order chi connectivity index (χ0) is 18.3. The second kappa shape index (κ2) is 9.04. The van der Waals surface area contributed by atoms with Crippen LogP contribution in [-0.2, 0) is 17.6 Å². The third-order valence-corrected chi connectivity index (χ3v) is 4.49. The maximum absolute atomic E-state index is 12.2. The monoisotopic (exact) mass is 403 g/mol. The molecule has 0 aliphatic rings. The molecule has 0 spiro atoms. The van der Waals surface area contributed by atoms with Crippen LogP contribution in [0.25, 0.3) is 0 Å². The maximum atomic E-state index is 12.2. The molecule has 1 N–H and O–H groups in total. The van der Waals surface area contributed by atoms with Crippen LogP contribution in [0.1, 0.15) is 31.9 Å². The average Bonchev–Trinajstić information content (AvgIpc) is 2.57. The molecular weight excluding hydrogens is 378 g/mol. The van der Waals surface area contributed by atoms with Crippen LogP contribution >= 0.6 is 15.9 Å². The van der Waals surface area contributed by atoms with Gasteiger partial charge in [0.05, 0.1) is 13.0 Å². The van der Waals surface area contributed by atoms with Gasteiger partial charge in [-0.3, -0.25) is 4.79 Å². The molecule has 134 valence electrons. The van der Waals surface area contributed by atoms with Gasteiger partial charge in [-0.25, -0.2) is 0 Å². The Hall–Kier alpha value is -1.81. The first kappa shape index (κ1) is 19.5. The summed E-state index contributed by atoms with van der Waals surface area (Å²) < 4.78 is 6.50. The summed E-state index contributed by atoms with van der Waals surface area (Å²) in [7, 11) is 0. The van der Waals surface area contributed by atoms with Crippen molar-refractivity contribution in [1.29, 1.82) is 0 Å². The molecule has 1 amide bonds. The molecule has 0 atom stereocenters. The summed E-state index contributed by atoms with van der Waals surface area (Å²) in [5.74, 6) is 0.885. The molecule has 0 saturated carbocycles. The van der Waals surface area contributed by atoms with Gasteiger partial charge in [0.1, 0.15) is 5.75 Å². The van der Waals surface area contributed by atoms with Gasteiger partial charge >= 0.3 is 0 Å². The third-order valence-electron chi connectivity index (χ3n) is 3.96. The fraction of sp³-hybridized carbons (Fsp3) is 0.381. The topological polar surface area (TPSA) is 38.3 Å². The molecule has 2 aromatic rings. The first-order chi connectivity index (χ1) is 11.9. The number of ether oxygens (including phenoxy) is 1. The van der Waals surface area contributed by atoms with Crippen molar-refractivity contribution in [2.75, 3.05) is 13.2 Å². The zero-order valence-corrected chi connectivity index (χ0v) is 16.7. The normalized spacial score (nSPS) is 11.2. The number of benzene rings is 2. The Balaban J connectivity index is 1.82. The van der Waals surface area contributed by atoms with Crippen LogP contribution in [0.5, 0.6) is 5.75 Å². The van der Waals surface area contributed by atoms with E-state index in [2.05, 4.69) is 59.4 Å². The summed E-state index contributed by atoms with van der Waals surface area (Å²) >= 11 is 3.45. The number of halogens is 1. The van der Waals surface area contributed by atoms with Crippen LogP contribution in [0.2, 0.25) is 0 Å². The second-order valence-electron chi connectivity index (χ2n) is 7.00. The summed E-state index contributed by atoms with van der Waals surface area (Å²) in [6, 6.07) is 16.0. The molecule has 25 heavy (non-hydrogen) atoms. The Labute approximate surface area is 158 Å². The van der Waals surface area contributed by atoms with E-state index >= 15 is 0 Å². The highest BCUT2D eigenvalue weighted by atomic mass is 79.9. The summed E-state index contributed by atoms with van der Waals surface area (Å²) in [5, 5.41) is 3.06. The van der Waals surface area contributed by atoms with E-state index in [4.69, 9.17) is 4.74 Å². The average molecular weight is 404 g/mol. The van der Waals surface area contributed by atoms with E-state index in [1.807, 2.05) is 31.2 Å². The third kappa shape index (κ3) is 6.91. The minimum atomic E-state index is 0.00229. The van der Waals surface area contributed by atoms with Crippen molar-refractivity contribution in [3.05, 3.63) is 64.1 Å². The van der Waals surface area contributed by atoms with Gasteiger partial charge in [-0.1, -0.05) is 54.0 Å². The van der Waals surface area contributed by atoms with Gasteiger partial charge in [-0.2, -0.15) is 0 Å². The van der Waals surface area contributed by atoms with E-state index in [1.54, 1.807) is 0 Å². The van der Waals surface area contributed by atoms with Crippen molar-refractivity contribution in [2.24, 2.45) is 5.41 Å². The van der Waals surface area contributed by atoms with Gasteiger partial charge in [0.15, 0.2) is 0 Å². The largest absolute Gasteiger partial charge is 0.494 e. The number of nitrogens with one attached hydrogen (secondary N) is 1. The molecule has 0 unspecified atom stereocenters. The van der Waals surface area contributed by atoms with Crippen LogP contribution < -0.4 is 10.1 Å². The smallest absolute Gasteiger partial charge is 0.224 e. The highest BCUT2D eigenvalue weighted by Crippen LogP contribution is 2.22. The molecule has 2 rings (SSSR count). The van der Waals surface area contributed by atoms with Crippen molar-refractivity contribution in [2.45, 2.75) is 33.6 Å². The highest BCUT2D eigenvalue weighted by molar-refractivity contribution is 9.10. The number of amides is 1. The summed E-state index contributed by atoms with van der Waals surface area (Å²) in [6.07, 6.45) is 1.31. The Morgan fingerprint density at radius 3 is 2.24 bits per heavy atom. The molecule has 0 radical (unpaired) electrons. The number of hydrogen-bond donors (Lipinski definition) is 1. The number of carbonyl (C=O) groups is 1. The fourth-order valence-corrected chi connectivity index (χ4v) is 2.94. The van der Waals surface area contributed by atoms with E-state index in [1.165, 1.54) is 5.56 Å². The van der Waals surface area contributed by atoms with Crippen molar-refractivity contribution in [1.82, 2.24) is 5.32 Å². The first-order valence-electron chi connectivity index (χ1n) is 8.61. The van der Waals surface area contributed by atoms with Crippen molar-refractivity contribution in [3.63, 3.8) is 0 Å². The minimum absolute atomic E-state index is 0.00229. The van der Waals surface area contributed by atoms with E-state index in [9.17, 15) is 4.79 Å². The number of rotatable bonds is 8. The predicted molar refractivity (Wildman–Crippen MR) is 106 cm³/mol. The van der Waals surface area contributed by atoms with Crippen LogP contribution in [0.15, 0.2) is 53.0 Å². The molecule has 0 bridgehead atoms. The minimum Gasteiger partial charge on any atom is -0.494 e. The zero-order valence-electron chi connectivity index (χ0n) is 15.1. The Bertz CT molecular complexity index is 678. The summed E-state index contributed by atoms with van der Waals surface area (Å²) in [4.78, 5) is 12.2. The van der Waals surface area contributed by atoms with Crippen molar-refractivity contribution < 1.29 is 9.53 Å². The first-order valence-corrected chi connectivity index (χ1v) is 9.40. The lowest BCUT2D eigenvalue weighted by Gasteiger charge is -2.25. The lowest BCUT2D eigenvalue weighted by Crippen LogP contribution is -2.36. The second-order valence-corrected chi connectivity index (χ2v) is 7.91. The maximum Gasteiger partial charge on any atom is 0.224 e. The lowest BCUT2D eigenvalue weighted by molar-refractivity contribution is -0.120. The SMILES string of the molecule is CCOc1ccc(CC(=O)NCC(C)(C)Cc2ccc(Br)cc2)cc1. The van der Waals surface area contributed by atoms with Crippen molar-refractivity contribution >= 4 is 21.8 Å². The van der Waals surface area contributed by atoms with Gasteiger partial charge in [-0.15, -0.1) is 0 Å². The van der Waals surface area contributed by atoms with Crippen molar-refractivity contribution in [3.8, 4) is 5.75 Å². The molecule has 0 heterocycles. The van der Waals surface area contributed by atoms with Gasteiger partial charge in [0.25, 0.3) is 0 Å². The molecule has 0 aliphatic carbocycles. The molecule has 0 aliphatic heterocycles. The molecule has 0 saturated heterocycles. The Morgan fingerprint density at radius 1 is 1.04 bits per heavy atom. The van der Waals surface area contributed by atoms with E-state index in [0.29, 0.717) is 19.6 Å². The fourth-order valence-electron chi connectivity index (χ4n) is 2.67. The standard InChI is InChI=1S/C21H26BrNO2/c1-4-25-19-11-7-16(8-12-19)13-20(24)23-15-21(2,3)14-17-5-9-18(22)10-6-17/h5-12H,4,13-15H2,1-3H3,(H,23,24). The summed E-state index contributed by atoms with van der Waals surface area (Å²) in [5.41, 5.74) is 2.27. The van der Waals surface area contributed by atoms with E-state index in [-0.39, 0.29) is 11.3 Å². The quantitative estimate of drug-likeness (QED) is 0.688. The van der Waals surface area contributed by atoms with E-state index in [0.717, 1.165) is 22.2 Å². The highest BCUT2D eigenvalue weighted by Gasteiger charge is 2.19. The van der Waals surface area contributed by atoms with Gasteiger partial charge < -0.3 is 10.1 Å². The van der Waals surface area contributed by atoms with Gasteiger partial charge in [-0.05, 0) is 54.2 Å². The van der Waals surface area contributed by atoms with Crippen LogP contribution in [-0.4, -0.2) is 19.1 Å². The number of carbonyl (C=O) groups excluding carboxylic acids is 1. The summed E-state index contributed by atoms with van der Waals surface area (Å²) in [6.45, 7) is 7.60. The predicted octanol–water partition coefficient (Wildman–Crippen LogP) is 4.78. The molecule has 0 fully saturated rings. The molecule has 2 aromatic carbocycles. The molecule has 3 nitrogen and oxygen atoms in total. The molecule has 4 heteroatoms. The van der Waals surface area contributed by atoms with Gasteiger partial charge in [0.2, 0.25) is 5.91 Å². The molecule has 0 aromatic heterocycles. The van der Waals surface area contributed by atoms with Gasteiger partial charge in [0, 0.05) is 11.0 Å². The Kier molecular flexibility index (Phi) is 7.06. The van der Waals surface area contributed by atoms with E-state index < -0.39 is 0 Å². The Morgan fingerprint density at radius 2 is 1.64 bits per heavy atom. The van der Waals surface area contributed by atoms with Crippen LogP contribution in [0, 0.1) is 5.41 Å². The molecular formula is C21H26BrNO2. The van der Waals surface area contributed by atoms with Crippen LogP contribution in [0.3, 0.4) is 0 Å². The number of hydrogen-bond acceptors (Lipinski definition) is 2.